The van der Waals surface area contributed by atoms with Crippen LogP contribution in [0, 0.1) is 0 Å². The Morgan fingerprint density at radius 3 is 2.65 bits per heavy atom. The molecule has 31 heavy (non-hydrogen) atoms. The Morgan fingerprint density at radius 2 is 1.97 bits per heavy atom. The van der Waals surface area contributed by atoms with Crippen LogP contribution in [0.2, 0.25) is 0 Å². The lowest BCUT2D eigenvalue weighted by molar-refractivity contribution is 0.0233. The number of rotatable bonds is 3. The van der Waals surface area contributed by atoms with E-state index in [1.54, 1.807) is 33.2 Å². The van der Waals surface area contributed by atoms with E-state index >= 15 is 0 Å². The van der Waals surface area contributed by atoms with E-state index < -0.39 is 11.7 Å². The van der Waals surface area contributed by atoms with Crippen molar-refractivity contribution in [2.45, 2.75) is 32.8 Å². The second-order valence-corrected chi connectivity index (χ2v) is 9.12. The molecule has 0 atom stereocenters. The number of nitrogens with one attached hydrogen (secondary N) is 2. The number of hydrogen-bond acceptors (Lipinski definition) is 5. The average molecular weight is 483 g/mol. The minimum Gasteiger partial charge on any atom is -0.443 e. The third-order valence-corrected chi connectivity index (χ3v) is 5.45. The molecule has 8 heteroatoms. The van der Waals surface area contributed by atoms with E-state index in [9.17, 15) is 9.59 Å². The molecular formula is C23H23BrN4O3. The lowest BCUT2D eigenvalue weighted by Crippen LogP contribution is -2.44. The molecule has 0 bridgehead atoms. The number of carbonyl (C=O) groups is 2. The molecule has 0 radical (unpaired) electrons. The molecule has 1 aliphatic rings. The highest BCUT2D eigenvalue weighted by atomic mass is 79.9. The van der Waals surface area contributed by atoms with Gasteiger partial charge in [0.15, 0.2) is 0 Å². The monoisotopic (exact) mass is 482 g/mol. The molecular weight excluding hydrogens is 460 g/mol. The van der Waals surface area contributed by atoms with Crippen molar-refractivity contribution in [2.24, 2.45) is 0 Å². The SMILES string of the molecule is CC(C)(C)OC(=O)N1CCc2[nH]c(-c3ccncc3Br)c(Nc3ccccc3)c2C1=O. The number of ether oxygens (including phenoxy) is 1. The summed E-state index contributed by atoms with van der Waals surface area (Å²) in [6.45, 7) is 5.59. The van der Waals surface area contributed by atoms with E-state index in [-0.39, 0.29) is 12.5 Å². The summed E-state index contributed by atoms with van der Waals surface area (Å²) >= 11 is 3.55. The molecule has 0 fully saturated rings. The molecule has 7 nitrogen and oxygen atoms in total. The van der Waals surface area contributed by atoms with E-state index in [4.69, 9.17) is 4.74 Å². The van der Waals surface area contributed by atoms with Gasteiger partial charge in [-0.3, -0.25) is 9.78 Å². The van der Waals surface area contributed by atoms with E-state index in [1.807, 2.05) is 36.4 Å². The molecule has 2 N–H and O–H groups in total. The van der Waals surface area contributed by atoms with Crippen molar-refractivity contribution in [2.75, 3.05) is 11.9 Å². The molecule has 3 heterocycles. The third-order valence-electron chi connectivity index (χ3n) is 4.82. The van der Waals surface area contributed by atoms with Crippen LogP contribution in [0.3, 0.4) is 0 Å². The Labute approximate surface area is 189 Å². The first kappa shape index (κ1) is 21.1. The molecule has 0 unspecified atom stereocenters. The van der Waals surface area contributed by atoms with E-state index in [0.717, 1.165) is 27.1 Å². The topological polar surface area (TPSA) is 87.3 Å². The standard InChI is InChI=1S/C23H23BrN4O3/c1-23(2,3)31-22(30)28-12-10-17-18(21(28)29)20(26-14-7-5-4-6-8-14)19(27-17)15-9-11-25-13-16(15)24/h4-9,11,13,26-27H,10,12H2,1-3H3. The average Bonchev–Trinajstić information content (AvgIpc) is 3.07. The lowest BCUT2D eigenvalue weighted by Gasteiger charge is -2.29. The van der Waals surface area contributed by atoms with Crippen LogP contribution in [0.25, 0.3) is 11.3 Å². The minimum absolute atomic E-state index is 0.253. The van der Waals surface area contributed by atoms with Crippen LogP contribution in [0.15, 0.2) is 53.3 Å². The molecule has 0 saturated carbocycles. The summed E-state index contributed by atoms with van der Waals surface area (Å²) < 4.78 is 6.24. The Hall–Kier alpha value is -3.13. The summed E-state index contributed by atoms with van der Waals surface area (Å²) in [5.41, 5.74) is 3.60. The number of pyridine rings is 1. The first-order valence-electron chi connectivity index (χ1n) is 9.96. The van der Waals surface area contributed by atoms with Gasteiger partial charge in [0.05, 0.1) is 16.9 Å². The molecule has 3 aromatic rings. The van der Waals surface area contributed by atoms with Crippen LogP contribution in [0.1, 0.15) is 36.8 Å². The van der Waals surface area contributed by atoms with Gasteiger partial charge in [-0.1, -0.05) is 18.2 Å². The Bertz CT molecular complexity index is 1140. The summed E-state index contributed by atoms with van der Waals surface area (Å²) in [7, 11) is 0. The summed E-state index contributed by atoms with van der Waals surface area (Å²) in [4.78, 5) is 34.8. The quantitative estimate of drug-likeness (QED) is 0.513. The molecule has 160 valence electrons. The van der Waals surface area contributed by atoms with Crippen molar-refractivity contribution in [1.29, 1.82) is 0 Å². The van der Waals surface area contributed by atoms with Crippen molar-refractivity contribution < 1.29 is 14.3 Å². The highest BCUT2D eigenvalue weighted by molar-refractivity contribution is 9.10. The second kappa shape index (κ2) is 8.19. The Kier molecular flexibility index (Phi) is 5.58. The predicted octanol–water partition coefficient (Wildman–Crippen LogP) is 5.52. The highest BCUT2D eigenvalue weighted by Gasteiger charge is 2.37. The Balaban J connectivity index is 1.81. The van der Waals surface area contributed by atoms with Crippen molar-refractivity contribution in [3.8, 4) is 11.3 Å². The van der Waals surface area contributed by atoms with Gasteiger partial charge >= 0.3 is 6.09 Å². The van der Waals surface area contributed by atoms with Gasteiger partial charge in [-0.2, -0.15) is 0 Å². The molecule has 0 aliphatic carbocycles. The van der Waals surface area contributed by atoms with Crippen molar-refractivity contribution in [3.05, 3.63) is 64.5 Å². The maximum absolute atomic E-state index is 13.4. The van der Waals surface area contributed by atoms with E-state index in [1.165, 1.54) is 4.90 Å². The van der Waals surface area contributed by atoms with Crippen LogP contribution in [-0.2, 0) is 11.2 Å². The number of aromatic nitrogens is 2. The number of imide groups is 1. The van der Waals surface area contributed by atoms with Crippen molar-refractivity contribution in [1.82, 2.24) is 14.9 Å². The summed E-state index contributed by atoms with van der Waals surface area (Å²) in [6.07, 6.45) is 3.27. The lowest BCUT2D eigenvalue weighted by atomic mass is 10.0. The number of carbonyl (C=O) groups excluding carboxylic acids is 2. The van der Waals surface area contributed by atoms with E-state index in [2.05, 4.69) is 31.2 Å². The number of hydrogen-bond donors (Lipinski definition) is 2. The molecule has 1 aliphatic heterocycles. The number of fused-ring (bicyclic) bond motifs is 1. The number of amides is 2. The van der Waals surface area contributed by atoms with Crippen LogP contribution < -0.4 is 5.32 Å². The maximum Gasteiger partial charge on any atom is 0.417 e. The largest absolute Gasteiger partial charge is 0.443 e. The Morgan fingerprint density at radius 1 is 1.23 bits per heavy atom. The normalized spacial score (nSPS) is 13.7. The fraction of sp³-hybridized carbons (Fsp3) is 0.261. The van der Waals surface area contributed by atoms with Gasteiger partial charge in [-0.05, 0) is 54.9 Å². The first-order chi connectivity index (χ1) is 14.7. The van der Waals surface area contributed by atoms with Gasteiger partial charge in [-0.15, -0.1) is 0 Å². The number of aromatic amines is 1. The minimum atomic E-state index is -0.687. The number of H-pyrrole nitrogens is 1. The van der Waals surface area contributed by atoms with Crippen LogP contribution in [-0.4, -0.2) is 39.0 Å². The highest BCUT2D eigenvalue weighted by Crippen LogP contribution is 2.40. The van der Waals surface area contributed by atoms with Gasteiger partial charge in [0.1, 0.15) is 5.60 Å². The number of halogens is 1. The zero-order chi connectivity index (χ0) is 22.2. The second-order valence-electron chi connectivity index (χ2n) is 8.26. The van der Waals surface area contributed by atoms with Crippen LogP contribution in [0.5, 0.6) is 0 Å². The third kappa shape index (κ3) is 4.34. The fourth-order valence-corrected chi connectivity index (χ4v) is 3.95. The van der Waals surface area contributed by atoms with Gasteiger partial charge in [0, 0.05) is 46.8 Å². The van der Waals surface area contributed by atoms with Crippen LogP contribution >= 0.6 is 15.9 Å². The molecule has 2 amide bonds. The molecule has 4 rings (SSSR count). The van der Waals surface area contributed by atoms with E-state index in [0.29, 0.717) is 17.7 Å². The smallest absolute Gasteiger partial charge is 0.417 e. The number of anilines is 2. The predicted molar refractivity (Wildman–Crippen MR) is 122 cm³/mol. The zero-order valence-electron chi connectivity index (χ0n) is 17.5. The first-order valence-corrected chi connectivity index (χ1v) is 10.8. The van der Waals surface area contributed by atoms with Crippen LogP contribution in [0.4, 0.5) is 16.2 Å². The zero-order valence-corrected chi connectivity index (χ0v) is 19.1. The number of nitrogens with zero attached hydrogens (tertiary/aromatic N) is 2. The van der Waals surface area contributed by atoms with Gasteiger partial charge in [-0.25, -0.2) is 9.69 Å². The van der Waals surface area contributed by atoms with Gasteiger partial charge in [0.25, 0.3) is 5.91 Å². The molecule has 1 aromatic carbocycles. The molecule has 0 saturated heterocycles. The maximum atomic E-state index is 13.4. The molecule has 2 aromatic heterocycles. The number of para-hydroxylation sites is 1. The summed E-state index contributed by atoms with van der Waals surface area (Å²) in [5, 5.41) is 3.37. The van der Waals surface area contributed by atoms with Gasteiger partial charge < -0.3 is 15.0 Å². The van der Waals surface area contributed by atoms with Gasteiger partial charge in [0.2, 0.25) is 0 Å². The van der Waals surface area contributed by atoms with Crippen molar-refractivity contribution in [3.63, 3.8) is 0 Å². The fourth-order valence-electron chi connectivity index (χ4n) is 3.50. The number of benzene rings is 1. The summed E-state index contributed by atoms with van der Waals surface area (Å²) in [6, 6.07) is 11.5. The molecule has 0 spiro atoms. The van der Waals surface area contributed by atoms with Crippen molar-refractivity contribution >= 4 is 39.3 Å². The summed E-state index contributed by atoms with van der Waals surface area (Å²) in [5.74, 6) is -0.387.